The molecule has 0 atom stereocenters. The Hall–Kier alpha value is -3.20. The number of para-hydroxylation sites is 2. The van der Waals surface area contributed by atoms with Crippen molar-refractivity contribution in [2.45, 2.75) is 0 Å². The zero-order valence-electron chi connectivity index (χ0n) is 14.2. The van der Waals surface area contributed by atoms with Gasteiger partial charge in [-0.15, -0.1) is 0 Å². The standard InChI is InChI=1S/C22H18N2O/c1-23-19-9-5-3-7-17(19)22-21(23)18-8-4-6-10-20(18)24(22)15-11-13-16(25-2)14-12-15/h3-14H,1-2H3. The van der Waals surface area contributed by atoms with E-state index in [9.17, 15) is 0 Å². The van der Waals surface area contributed by atoms with Gasteiger partial charge in [0.1, 0.15) is 5.75 Å². The van der Waals surface area contributed by atoms with E-state index in [1.165, 1.54) is 32.8 Å². The van der Waals surface area contributed by atoms with Crippen LogP contribution in [0.1, 0.15) is 0 Å². The molecule has 3 nitrogen and oxygen atoms in total. The minimum atomic E-state index is 0.870. The predicted octanol–water partition coefficient (Wildman–Crippen LogP) is 5.28. The molecule has 0 aliphatic rings. The summed E-state index contributed by atoms with van der Waals surface area (Å²) >= 11 is 0. The van der Waals surface area contributed by atoms with Crippen LogP contribution in [0.5, 0.6) is 5.75 Å². The van der Waals surface area contributed by atoms with Crippen molar-refractivity contribution in [2.75, 3.05) is 7.11 Å². The van der Waals surface area contributed by atoms with Crippen LogP contribution >= 0.6 is 0 Å². The van der Waals surface area contributed by atoms with E-state index in [1.807, 2.05) is 12.1 Å². The maximum Gasteiger partial charge on any atom is 0.119 e. The minimum Gasteiger partial charge on any atom is -0.497 e. The Kier molecular flexibility index (Phi) is 2.92. The highest BCUT2D eigenvalue weighted by Gasteiger charge is 2.18. The lowest BCUT2D eigenvalue weighted by atomic mass is 10.2. The van der Waals surface area contributed by atoms with E-state index in [0.29, 0.717) is 0 Å². The summed E-state index contributed by atoms with van der Waals surface area (Å²) < 4.78 is 9.97. The van der Waals surface area contributed by atoms with E-state index < -0.39 is 0 Å². The van der Waals surface area contributed by atoms with Crippen molar-refractivity contribution in [2.24, 2.45) is 7.05 Å². The molecule has 2 heterocycles. The van der Waals surface area contributed by atoms with Gasteiger partial charge in [-0.05, 0) is 36.4 Å². The van der Waals surface area contributed by atoms with Gasteiger partial charge in [-0.2, -0.15) is 0 Å². The van der Waals surface area contributed by atoms with Gasteiger partial charge in [0.2, 0.25) is 0 Å². The molecule has 122 valence electrons. The van der Waals surface area contributed by atoms with Crippen LogP contribution < -0.4 is 4.74 Å². The van der Waals surface area contributed by atoms with E-state index in [2.05, 4.69) is 76.8 Å². The monoisotopic (exact) mass is 326 g/mol. The quantitative estimate of drug-likeness (QED) is 0.432. The molecular formula is C22H18N2O. The lowest BCUT2D eigenvalue weighted by molar-refractivity contribution is 0.415. The number of fused-ring (bicyclic) bond motifs is 5. The summed E-state index contributed by atoms with van der Waals surface area (Å²) in [4.78, 5) is 0. The van der Waals surface area contributed by atoms with E-state index in [0.717, 1.165) is 11.4 Å². The second-order valence-electron chi connectivity index (χ2n) is 6.32. The molecule has 5 rings (SSSR count). The number of hydrogen-bond donors (Lipinski definition) is 0. The Balaban J connectivity index is 2.00. The molecule has 0 amide bonds. The third-order valence-corrected chi connectivity index (χ3v) is 5.03. The van der Waals surface area contributed by atoms with Crippen LogP contribution in [-0.4, -0.2) is 16.2 Å². The molecule has 25 heavy (non-hydrogen) atoms. The maximum absolute atomic E-state index is 5.32. The number of hydrogen-bond acceptors (Lipinski definition) is 1. The van der Waals surface area contributed by atoms with Crippen LogP contribution in [0, 0.1) is 0 Å². The Morgan fingerprint density at radius 1 is 0.680 bits per heavy atom. The summed E-state index contributed by atoms with van der Waals surface area (Å²) in [5, 5.41) is 2.54. The Labute approximate surface area is 145 Å². The fourth-order valence-corrected chi connectivity index (χ4v) is 3.90. The Morgan fingerprint density at radius 2 is 1.28 bits per heavy atom. The van der Waals surface area contributed by atoms with E-state index >= 15 is 0 Å². The molecule has 0 saturated carbocycles. The number of nitrogens with zero attached hydrogens (tertiary/aromatic N) is 2. The van der Waals surface area contributed by atoms with Crippen molar-refractivity contribution >= 4 is 32.8 Å². The largest absolute Gasteiger partial charge is 0.497 e. The van der Waals surface area contributed by atoms with Crippen LogP contribution in [0.15, 0.2) is 72.8 Å². The molecule has 0 bridgehead atoms. The summed E-state index contributed by atoms with van der Waals surface area (Å²) in [6.07, 6.45) is 0. The second-order valence-corrected chi connectivity index (χ2v) is 6.32. The van der Waals surface area contributed by atoms with Gasteiger partial charge >= 0.3 is 0 Å². The molecule has 0 aliphatic heterocycles. The third kappa shape index (κ3) is 1.86. The molecule has 0 spiro atoms. The van der Waals surface area contributed by atoms with Crippen LogP contribution in [0.25, 0.3) is 38.5 Å². The molecule has 0 saturated heterocycles. The molecule has 3 aromatic carbocycles. The smallest absolute Gasteiger partial charge is 0.119 e. The third-order valence-electron chi connectivity index (χ3n) is 5.03. The first-order valence-corrected chi connectivity index (χ1v) is 8.40. The number of rotatable bonds is 2. The lowest BCUT2D eigenvalue weighted by Crippen LogP contribution is -1.93. The fraction of sp³-hybridized carbons (Fsp3) is 0.0909. The molecular weight excluding hydrogens is 308 g/mol. The molecule has 2 aromatic heterocycles. The van der Waals surface area contributed by atoms with Gasteiger partial charge in [-0.3, -0.25) is 0 Å². The van der Waals surface area contributed by atoms with Gasteiger partial charge in [0.25, 0.3) is 0 Å². The minimum absolute atomic E-state index is 0.870. The second kappa shape index (κ2) is 5.15. The highest BCUT2D eigenvalue weighted by molar-refractivity contribution is 6.18. The SMILES string of the molecule is COc1ccc(-n2c3ccccc3c3c2c2ccccc2n3C)cc1. The number of ether oxygens (including phenoxy) is 1. The molecule has 3 heteroatoms. The number of methoxy groups -OCH3 is 1. The van der Waals surface area contributed by atoms with Gasteiger partial charge in [0.05, 0.1) is 29.2 Å². The van der Waals surface area contributed by atoms with Crippen molar-refractivity contribution in [1.82, 2.24) is 9.13 Å². The van der Waals surface area contributed by atoms with Gasteiger partial charge in [0, 0.05) is 23.5 Å². The predicted molar refractivity (Wildman–Crippen MR) is 104 cm³/mol. The van der Waals surface area contributed by atoms with Crippen LogP contribution in [0.2, 0.25) is 0 Å². The van der Waals surface area contributed by atoms with E-state index in [-0.39, 0.29) is 0 Å². The van der Waals surface area contributed by atoms with E-state index in [1.54, 1.807) is 7.11 Å². The fourth-order valence-electron chi connectivity index (χ4n) is 3.90. The summed E-state index contributed by atoms with van der Waals surface area (Å²) in [5.74, 6) is 0.870. The normalized spacial score (nSPS) is 11.6. The van der Waals surface area contributed by atoms with Crippen molar-refractivity contribution in [3.8, 4) is 11.4 Å². The highest BCUT2D eigenvalue weighted by atomic mass is 16.5. The van der Waals surface area contributed by atoms with Gasteiger partial charge in [-0.25, -0.2) is 0 Å². The Bertz CT molecular complexity index is 1220. The zero-order valence-corrected chi connectivity index (χ0v) is 14.2. The first kappa shape index (κ1) is 14.2. The van der Waals surface area contributed by atoms with Crippen LogP contribution in [-0.2, 0) is 7.05 Å². The van der Waals surface area contributed by atoms with Gasteiger partial charge in [0.15, 0.2) is 0 Å². The molecule has 5 aromatic rings. The molecule has 0 radical (unpaired) electrons. The first-order chi connectivity index (χ1) is 12.3. The van der Waals surface area contributed by atoms with E-state index in [4.69, 9.17) is 4.74 Å². The first-order valence-electron chi connectivity index (χ1n) is 8.40. The maximum atomic E-state index is 5.32. The lowest BCUT2D eigenvalue weighted by Gasteiger charge is -2.08. The van der Waals surface area contributed by atoms with Crippen molar-refractivity contribution < 1.29 is 4.74 Å². The Morgan fingerprint density at radius 3 is 1.96 bits per heavy atom. The molecule has 0 unspecified atom stereocenters. The van der Waals surface area contributed by atoms with Gasteiger partial charge < -0.3 is 13.9 Å². The van der Waals surface area contributed by atoms with Crippen LogP contribution in [0.3, 0.4) is 0 Å². The number of benzene rings is 3. The summed E-state index contributed by atoms with van der Waals surface area (Å²) in [6.45, 7) is 0. The summed E-state index contributed by atoms with van der Waals surface area (Å²) in [5.41, 5.74) is 6.14. The summed E-state index contributed by atoms with van der Waals surface area (Å²) in [6, 6.07) is 25.5. The molecule has 0 N–H and O–H groups in total. The van der Waals surface area contributed by atoms with Gasteiger partial charge in [-0.1, -0.05) is 36.4 Å². The molecule has 0 fully saturated rings. The van der Waals surface area contributed by atoms with Crippen molar-refractivity contribution in [3.05, 3.63) is 72.8 Å². The topological polar surface area (TPSA) is 19.1 Å². The average molecular weight is 326 g/mol. The number of aryl methyl sites for hydroxylation is 1. The highest BCUT2D eigenvalue weighted by Crippen LogP contribution is 2.38. The van der Waals surface area contributed by atoms with Crippen LogP contribution in [0.4, 0.5) is 0 Å². The zero-order chi connectivity index (χ0) is 17.0. The average Bonchev–Trinajstić information content (AvgIpc) is 3.16. The summed E-state index contributed by atoms with van der Waals surface area (Å²) in [7, 11) is 3.85. The number of aromatic nitrogens is 2. The molecule has 0 aliphatic carbocycles. The van der Waals surface area contributed by atoms with Crippen molar-refractivity contribution in [3.63, 3.8) is 0 Å². The van der Waals surface area contributed by atoms with Crippen molar-refractivity contribution in [1.29, 1.82) is 0 Å².